The predicted octanol–water partition coefficient (Wildman–Crippen LogP) is 13.1. The van der Waals surface area contributed by atoms with Crippen molar-refractivity contribution in [2.45, 2.75) is 200 Å². The molecule has 1 rings (SSSR count). The summed E-state index contributed by atoms with van der Waals surface area (Å²) >= 11 is 0. The number of hydrogen-bond donors (Lipinski definition) is 0. The molecule has 1 aliphatic rings. The molecule has 0 radical (unpaired) electrons. The number of piperidine rings is 1. The van der Waals surface area contributed by atoms with Gasteiger partial charge in [-0.25, -0.2) is 0 Å². The number of likely N-dealkylation sites (tertiary alicyclic amines) is 1. The van der Waals surface area contributed by atoms with Gasteiger partial charge in [0.15, 0.2) is 0 Å². The molecular formula is C42H77NO2. The lowest BCUT2D eigenvalue weighted by Crippen LogP contribution is -2.30. The van der Waals surface area contributed by atoms with Crippen LogP contribution in [0.15, 0.2) is 36.5 Å². The molecule has 0 N–H and O–H groups in total. The Morgan fingerprint density at radius 1 is 0.556 bits per heavy atom. The largest absolute Gasteiger partial charge is 0.462 e. The van der Waals surface area contributed by atoms with Crippen molar-refractivity contribution in [2.75, 3.05) is 19.6 Å². The summed E-state index contributed by atoms with van der Waals surface area (Å²) in [5.74, 6) is 0.517. The maximum atomic E-state index is 13.2. The van der Waals surface area contributed by atoms with Crippen LogP contribution in [0, 0.1) is 5.92 Å². The van der Waals surface area contributed by atoms with Crippen LogP contribution in [0.1, 0.15) is 194 Å². The Morgan fingerprint density at radius 3 is 1.47 bits per heavy atom. The standard InChI is InChI=1S/C42H77NO2/c1-4-7-10-13-16-19-22-26-33-40(34-27-23-20-17-14-11-8-5-2)41(35-28-24-21-18-15-12-9-6-3)45-42(44)36-29-32-39-43-37-30-25-31-38-43/h16-21,40-41H,4-15,22-39H2,1-3H3/b19-16-,20-17-,21-18-. The van der Waals surface area contributed by atoms with Gasteiger partial charge >= 0.3 is 5.97 Å². The van der Waals surface area contributed by atoms with E-state index in [1.165, 1.54) is 135 Å². The maximum Gasteiger partial charge on any atom is 0.306 e. The maximum absolute atomic E-state index is 13.2. The van der Waals surface area contributed by atoms with E-state index in [4.69, 9.17) is 4.74 Å². The molecule has 1 atom stereocenters. The number of unbranched alkanes of at least 4 members (excludes halogenated alkanes) is 13. The molecule has 3 heteroatoms. The number of nitrogens with zero attached hydrogens (tertiary/aromatic N) is 1. The van der Waals surface area contributed by atoms with Crippen LogP contribution in [0.2, 0.25) is 0 Å². The lowest BCUT2D eigenvalue weighted by molar-refractivity contribution is -0.153. The van der Waals surface area contributed by atoms with Crippen molar-refractivity contribution in [1.82, 2.24) is 4.90 Å². The highest BCUT2D eigenvalue weighted by atomic mass is 16.5. The third-order valence-corrected chi connectivity index (χ3v) is 9.54. The van der Waals surface area contributed by atoms with Gasteiger partial charge in [-0.1, -0.05) is 102 Å². The van der Waals surface area contributed by atoms with Crippen molar-refractivity contribution in [1.29, 1.82) is 0 Å². The molecule has 45 heavy (non-hydrogen) atoms. The molecular weight excluding hydrogens is 550 g/mol. The zero-order valence-electron chi connectivity index (χ0n) is 30.6. The summed E-state index contributed by atoms with van der Waals surface area (Å²) < 4.78 is 6.40. The number of carbonyl (C=O) groups is 1. The SMILES string of the molecule is CCCCC/C=C\CCCC(CCC/C=C\CCCCC)C(CCC/C=C\CCCCC)OC(=O)CCCCN1CCCCC1. The monoisotopic (exact) mass is 628 g/mol. The van der Waals surface area contributed by atoms with Crippen LogP contribution in [0.25, 0.3) is 0 Å². The minimum Gasteiger partial charge on any atom is -0.462 e. The molecule has 1 unspecified atom stereocenters. The van der Waals surface area contributed by atoms with E-state index in [-0.39, 0.29) is 12.1 Å². The highest BCUT2D eigenvalue weighted by molar-refractivity contribution is 5.69. The first-order valence-corrected chi connectivity index (χ1v) is 20.1. The molecule has 1 heterocycles. The third-order valence-electron chi connectivity index (χ3n) is 9.54. The Bertz CT molecular complexity index is 694. The van der Waals surface area contributed by atoms with Gasteiger partial charge in [0.05, 0.1) is 0 Å². The molecule has 3 nitrogen and oxygen atoms in total. The van der Waals surface area contributed by atoms with Crippen LogP contribution < -0.4 is 0 Å². The molecule has 0 aromatic carbocycles. The lowest BCUT2D eigenvalue weighted by atomic mass is 9.87. The summed E-state index contributed by atoms with van der Waals surface area (Å²) in [5, 5.41) is 0. The quantitative estimate of drug-likeness (QED) is 0.0435. The Balaban J connectivity index is 2.71. The first-order chi connectivity index (χ1) is 22.2. The van der Waals surface area contributed by atoms with Gasteiger partial charge in [-0.3, -0.25) is 4.79 Å². The fourth-order valence-electron chi connectivity index (χ4n) is 6.60. The Hall–Kier alpha value is -1.35. The van der Waals surface area contributed by atoms with E-state index >= 15 is 0 Å². The predicted molar refractivity (Wildman–Crippen MR) is 199 cm³/mol. The van der Waals surface area contributed by atoms with Crippen LogP contribution in [0.4, 0.5) is 0 Å². The highest BCUT2D eigenvalue weighted by Crippen LogP contribution is 2.27. The molecule has 0 saturated carbocycles. The fraction of sp³-hybridized carbons (Fsp3) is 0.833. The van der Waals surface area contributed by atoms with Crippen LogP contribution in [-0.2, 0) is 9.53 Å². The van der Waals surface area contributed by atoms with Gasteiger partial charge in [0.1, 0.15) is 6.10 Å². The van der Waals surface area contributed by atoms with Crippen LogP contribution in [0.3, 0.4) is 0 Å². The Kier molecular flexibility index (Phi) is 30.2. The topological polar surface area (TPSA) is 29.5 Å². The number of hydrogen-bond acceptors (Lipinski definition) is 3. The second-order valence-electron chi connectivity index (χ2n) is 13.8. The van der Waals surface area contributed by atoms with E-state index in [9.17, 15) is 4.79 Å². The zero-order valence-corrected chi connectivity index (χ0v) is 30.6. The zero-order chi connectivity index (χ0) is 32.5. The molecule has 0 aromatic heterocycles. The molecule has 1 aliphatic heterocycles. The van der Waals surface area contributed by atoms with Crippen LogP contribution >= 0.6 is 0 Å². The summed E-state index contributed by atoms with van der Waals surface area (Å²) in [7, 11) is 0. The van der Waals surface area contributed by atoms with E-state index in [0.717, 1.165) is 51.5 Å². The Labute approximate surface area is 282 Å². The average molecular weight is 628 g/mol. The Morgan fingerprint density at radius 2 is 1.00 bits per heavy atom. The van der Waals surface area contributed by atoms with Gasteiger partial charge in [0.25, 0.3) is 0 Å². The number of allylic oxidation sites excluding steroid dienone is 6. The van der Waals surface area contributed by atoms with Crippen molar-refractivity contribution in [3.63, 3.8) is 0 Å². The summed E-state index contributed by atoms with van der Waals surface area (Å²) in [6, 6.07) is 0. The molecule has 1 saturated heterocycles. The molecule has 0 aromatic rings. The van der Waals surface area contributed by atoms with Crippen molar-refractivity contribution in [2.24, 2.45) is 5.92 Å². The minimum absolute atomic E-state index is 0.0467. The smallest absolute Gasteiger partial charge is 0.306 e. The van der Waals surface area contributed by atoms with Crippen molar-refractivity contribution < 1.29 is 9.53 Å². The van der Waals surface area contributed by atoms with E-state index in [1.807, 2.05) is 0 Å². The molecule has 262 valence electrons. The summed E-state index contributed by atoms with van der Waals surface area (Å²) in [6.45, 7) is 10.4. The first-order valence-electron chi connectivity index (χ1n) is 20.1. The van der Waals surface area contributed by atoms with Gasteiger partial charge in [-0.2, -0.15) is 0 Å². The van der Waals surface area contributed by atoms with Crippen molar-refractivity contribution in [3.05, 3.63) is 36.5 Å². The van der Waals surface area contributed by atoms with E-state index < -0.39 is 0 Å². The van der Waals surface area contributed by atoms with Gasteiger partial charge < -0.3 is 9.64 Å². The second kappa shape index (κ2) is 32.6. The molecule has 1 fully saturated rings. The van der Waals surface area contributed by atoms with E-state index in [2.05, 4.69) is 62.1 Å². The van der Waals surface area contributed by atoms with Crippen molar-refractivity contribution >= 4 is 5.97 Å². The van der Waals surface area contributed by atoms with Gasteiger partial charge in [-0.05, 0) is 148 Å². The lowest BCUT2D eigenvalue weighted by Gasteiger charge is -2.28. The third kappa shape index (κ3) is 26.4. The summed E-state index contributed by atoms with van der Waals surface area (Å²) in [5.41, 5.74) is 0. The number of ether oxygens (including phenoxy) is 1. The fourth-order valence-corrected chi connectivity index (χ4v) is 6.60. The minimum atomic E-state index is 0.0467. The summed E-state index contributed by atoms with van der Waals surface area (Å²) in [4.78, 5) is 15.8. The molecule has 0 amide bonds. The van der Waals surface area contributed by atoms with E-state index in [1.54, 1.807) is 0 Å². The number of carbonyl (C=O) groups excluding carboxylic acids is 1. The second-order valence-corrected chi connectivity index (χ2v) is 13.8. The summed E-state index contributed by atoms with van der Waals surface area (Å²) in [6.07, 6.45) is 46.7. The van der Waals surface area contributed by atoms with Gasteiger partial charge in [0, 0.05) is 6.42 Å². The number of rotatable bonds is 31. The van der Waals surface area contributed by atoms with Gasteiger partial charge in [0.2, 0.25) is 0 Å². The molecule has 0 spiro atoms. The first kappa shape index (κ1) is 41.7. The normalized spacial score (nSPS) is 15.3. The van der Waals surface area contributed by atoms with Crippen molar-refractivity contribution in [3.8, 4) is 0 Å². The molecule has 0 aliphatic carbocycles. The van der Waals surface area contributed by atoms with Gasteiger partial charge in [-0.15, -0.1) is 0 Å². The average Bonchev–Trinajstić information content (AvgIpc) is 3.05. The molecule has 0 bridgehead atoms. The van der Waals surface area contributed by atoms with E-state index in [0.29, 0.717) is 12.3 Å². The number of esters is 1. The van der Waals surface area contributed by atoms with Crippen LogP contribution in [0.5, 0.6) is 0 Å². The van der Waals surface area contributed by atoms with Crippen LogP contribution in [-0.4, -0.2) is 36.6 Å². The highest BCUT2D eigenvalue weighted by Gasteiger charge is 2.24.